The summed E-state index contributed by atoms with van der Waals surface area (Å²) in [6, 6.07) is 12.8. The number of hydrogen-bond donors (Lipinski definition) is 1. The summed E-state index contributed by atoms with van der Waals surface area (Å²) in [5.74, 6) is 0. The molecule has 2 aromatic carbocycles. The number of benzene rings is 2. The van der Waals surface area contributed by atoms with Crippen molar-refractivity contribution >= 4 is 23.4 Å². The molecule has 0 spiro atoms. The maximum Gasteiger partial charge on any atom is 0.0121 e. The summed E-state index contributed by atoms with van der Waals surface area (Å²) in [6.07, 6.45) is 1.09. The van der Waals surface area contributed by atoms with Crippen LogP contribution in [0.4, 0.5) is 0 Å². The number of hydrogen-bond acceptors (Lipinski definition) is 2. The molecule has 0 saturated carbocycles. The zero-order chi connectivity index (χ0) is 13.0. The van der Waals surface area contributed by atoms with Crippen molar-refractivity contribution in [2.45, 2.75) is 25.2 Å². The van der Waals surface area contributed by atoms with E-state index in [-0.39, 0.29) is 0 Å². The minimum Gasteiger partial charge on any atom is -0.304 e. The lowest BCUT2D eigenvalue weighted by Crippen LogP contribution is -2.25. The predicted octanol–water partition coefficient (Wildman–Crippen LogP) is 4.01. The van der Waals surface area contributed by atoms with E-state index in [1.54, 1.807) is 0 Å². The maximum atomic E-state index is 4.60. The molecule has 0 heterocycles. The van der Waals surface area contributed by atoms with Crippen molar-refractivity contribution in [3.63, 3.8) is 0 Å². The van der Waals surface area contributed by atoms with Crippen LogP contribution in [0.1, 0.15) is 19.4 Å². The normalized spacial score (nSPS) is 11.3. The Labute approximate surface area is 115 Å². The van der Waals surface area contributed by atoms with Gasteiger partial charge in [0.1, 0.15) is 0 Å². The Morgan fingerprint density at radius 3 is 2.33 bits per heavy atom. The van der Waals surface area contributed by atoms with Gasteiger partial charge in [-0.15, -0.1) is 12.6 Å². The maximum absolute atomic E-state index is 4.60. The average molecular weight is 259 g/mol. The fourth-order valence-electron chi connectivity index (χ4n) is 2.42. The quantitative estimate of drug-likeness (QED) is 0.794. The highest BCUT2D eigenvalue weighted by Crippen LogP contribution is 2.26. The first-order chi connectivity index (χ1) is 8.76. The molecule has 0 saturated heterocycles. The van der Waals surface area contributed by atoms with Gasteiger partial charge in [0, 0.05) is 11.4 Å². The molecule has 0 aliphatic rings. The lowest BCUT2D eigenvalue weighted by atomic mass is 10.0. The second kappa shape index (κ2) is 6.26. The first-order valence-corrected chi connectivity index (χ1v) is 7.13. The summed E-state index contributed by atoms with van der Waals surface area (Å²) in [4.78, 5) is 3.54. The fraction of sp³-hybridized carbons (Fsp3) is 0.375. The van der Waals surface area contributed by atoms with Crippen molar-refractivity contribution in [3.05, 3.63) is 42.0 Å². The number of fused-ring (bicyclic) bond motifs is 1. The largest absolute Gasteiger partial charge is 0.304 e. The van der Waals surface area contributed by atoms with Gasteiger partial charge >= 0.3 is 0 Å². The highest BCUT2D eigenvalue weighted by atomic mass is 32.1. The molecular weight excluding hydrogens is 238 g/mol. The molecule has 2 rings (SSSR count). The third-order valence-corrected chi connectivity index (χ3v) is 3.93. The van der Waals surface area contributed by atoms with Crippen LogP contribution in [0.25, 0.3) is 10.8 Å². The van der Waals surface area contributed by atoms with Crippen LogP contribution in [-0.4, -0.2) is 24.5 Å². The molecule has 0 fully saturated rings. The Hall–Kier alpha value is -0.990. The molecule has 0 aliphatic carbocycles. The van der Waals surface area contributed by atoms with E-state index in [4.69, 9.17) is 0 Å². The number of rotatable bonds is 5. The standard InChI is InChI=1S/C16H21NS/c1-3-17(4-2)12-11-14-8-5-7-13-9-6-10-15(18)16(13)14/h5-10,18H,3-4,11-12H2,1-2H3. The molecule has 96 valence electrons. The molecule has 0 bridgehead atoms. The van der Waals surface area contributed by atoms with E-state index in [2.05, 4.69) is 67.8 Å². The van der Waals surface area contributed by atoms with Crippen molar-refractivity contribution in [1.29, 1.82) is 0 Å². The molecule has 18 heavy (non-hydrogen) atoms. The number of nitrogens with zero attached hydrogens (tertiary/aromatic N) is 1. The molecule has 0 atom stereocenters. The van der Waals surface area contributed by atoms with Gasteiger partial charge in [-0.1, -0.05) is 44.2 Å². The van der Waals surface area contributed by atoms with Crippen molar-refractivity contribution in [2.75, 3.05) is 19.6 Å². The average Bonchev–Trinajstić information content (AvgIpc) is 2.40. The van der Waals surface area contributed by atoms with Gasteiger partial charge in [-0.05, 0) is 41.9 Å². The van der Waals surface area contributed by atoms with Gasteiger partial charge in [-0.3, -0.25) is 0 Å². The monoisotopic (exact) mass is 259 g/mol. The van der Waals surface area contributed by atoms with Crippen molar-refractivity contribution in [1.82, 2.24) is 4.90 Å². The summed E-state index contributed by atoms with van der Waals surface area (Å²) in [6.45, 7) is 7.80. The minimum absolute atomic E-state index is 1.09. The second-order valence-corrected chi connectivity index (χ2v) is 5.05. The summed E-state index contributed by atoms with van der Waals surface area (Å²) in [7, 11) is 0. The van der Waals surface area contributed by atoms with Gasteiger partial charge in [-0.2, -0.15) is 0 Å². The third-order valence-electron chi connectivity index (χ3n) is 3.56. The lowest BCUT2D eigenvalue weighted by molar-refractivity contribution is 0.308. The smallest absolute Gasteiger partial charge is 0.0121 e. The zero-order valence-electron chi connectivity index (χ0n) is 11.2. The zero-order valence-corrected chi connectivity index (χ0v) is 12.1. The van der Waals surface area contributed by atoms with Crippen LogP contribution in [0.5, 0.6) is 0 Å². The Kier molecular flexibility index (Phi) is 4.67. The Balaban J connectivity index is 2.28. The van der Waals surface area contributed by atoms with Crippen LogP contribution in [0.3, 0.4) is 0 Å². The Morgan fingerprint density at radius 1 is 1.00 bits per heavy atom. The molecule has 0 radical (unpaired) electrons. The van der Waals surface area contributed by atoms with E-state index >= 15 is 0 Å². The van der Waals surface area contributed by atoms with Gasteiger partial charge < -0.3 is 4.90 Å². The van der Waals surface area contributed by atoms with Gasteiger partial charge in [0.25, 0.3) is 0 Å². The van der Waals surface area contributed by atoms with E-state index in [1.165, 1.54) is 16.3 Å². The van der Waals surface area contributed by atoms with Crippen LogP contribution in [0.2, 0.25) is 0 Å². The van der Waals surface area contributed by atoms with Gasteiger partial charge in [0.2, 0.25) is 0 Å². The molecule has 2 heteroatoms. The molecule has 0 unspecified atom stereocenters. The van der Waals surface area contributed by atoms with Gasteiger partial charge in [-0.25, -0.2) is 0 Å². The molecule has 2 aromatic rings. The van der Waals surface area contributed by atoms with Crippen LogP contribution in [-0.2, 0) is 6.42 Å². The summed E-state index contributed by atoms with van der Waals surface area (Å²) >= 11 is 4.60. The van der Waals surface area contributed by atoms with Gasteiger partial charge in [0.15, 0.2) is 0 Å². The Bertz CT molecular complexity index is 512. The summed E-state index contributed by atoms with van der Waals surface area (Å²) < 4.78 is 0. The first-order valence-electron chi connectivity index (χ1n) is 6.68. The SMILES string of the molecule is CCN(CC)CCc1cccc2cccc(S)c12. The second-order valence-electron chi connectivity index (χ2n) is 4.57. The van der Waals surface area contributed by atoms with E-state index in [0.29, 0.717) is 0 Å². The summed E-state index contributed by atoms with van der Waals surface area (Å²) in [5.41, 5.74) is 1.41. The molecule has 1 nitrogen and oxygen atoms in total. The van der Waals surface area contributed by atoms with Crippen LogP contribution in [0.15, 0.2) is 41.3 Å². The van der Waals surface area contributed by atoms with Crippen LogP contribution in [0, 0.1) is 0 Å². The fourth-order valence-corrected chi connectivity index (χ4v) is 2.78. The topological polar surface area (TPSA) is 3.24 Å². The van der Waals surface area contributed by atoms with E-state index in [9.17, 15) is 0 Å². The molecule has 0 amide bonds. The molecular formula is C16H21NS. The number of thiol groups is 1. The lowest BCUT2D eigenvalue weighted by Gasteiger charge is -2.18. The van der Waals surface area contributed by atoms with Gasteiger partial charge in [0.05, 0.1) is 0 Å². The van der Waals surface area contributed by atoms with E-state index in [0.717, 1.165) is 31.0 Å². The first kappa shape index (κ1) is 13.4. The Morgan fingerprint density at radius 2 is 1.67 bits per heavy atom. The molecule has 0 N–H and O–H groups in total. The van der Waals surface area contributed by atoms with Crippen molar-refractivity contribution < 1.29 is 0 Å². The predicted molar refractivity (Wildman–Crippen MR) is 82.7 cm³/mol. The summed E-state index contributed by atoms with van der Waals surface area (Å²) in [5, 5.41) is 2.61. The van der Waals surface area contributed by atoms with Crippen LogP contribution >= 0.6 is 12.6 Å². The van der Waals surface area contributed by atoms with Crippen molar-refractivity contribution in [2.24, 2.45) is 0 Å². The highest BCUT2D eigenvalue weighted by molar-refractivity contribution is 7.80. The van der Waals surface area contributed by atoms with E-state index in [1.807, 2.05) is 0 Å². The van der Waals surface area contributed by atoms with E-state index < -0.39 is 0 Å². The minimum atomic E-state index is 1.09. The highest BCUT2D eigenvalue weighted by Gasteiger charge is 2.05. The van der Waals surface area contributed by atoms with Crippen molar-refractivity contribution in [3.8, 4) is 0 Å². The number of likely N-dealkylation sites (N-methyl/N-ethyl adjacent to an activating group) is 1. The molecule has 0 aromatic heterocycles. The third kappa shape index (κ3) is 2.88. The molecule has 0 aliphatic heterocycles. The van der Waals surface area contributed by atoms with Crippen LogP contribution < -0.4 is 0 Å².